The smallest absolute Gasteiger partial charge is 0.255 e. The van der Waals surface area contributed by atoms with Gasteiger partial charge in [-0.25, -0.2) is 18.7 Å². The Balaban J connectivity index is 1.10. The van der Waals surface area contributed by atoms with E-state index in [1.54, 1.807) is 12.3 Å². The number of rotatable bonds is 10. The monoisotopic (exact) mass is 528 g/mol. The van der Waals surface area contributed by atoms with Crippen molar-refractivity contribution in [1.82, 2.24) is 9.97 Å². The summed E-state index contributed by atoms with van der Waals surface area (Å²) < 4.78 is 37.6. The summed E-state index contributed by atoms with van der Waals surface area (Å²) in [6.45, 7) is 5.37. The van der Waals surface area contributed by atoms with Gasteiger partial charge in [0.1, 0.15) is 23.4 Å². The molecule has 1 saturated heterocycles. The first-order chi connectivity index (χ1) is 17.7. The maximum atomic E-state index is 13.0. The van der Waals surface area contributed by atoms with Gasteiger partial charge in [-0.15, -0.1) is 0 Å². The van der Waals surface area contributed by atoms with Gasteiger partial charge in [-0.05, 0) is 42.7 Å². The maximum Gasteiger partial charge on any atom is 0.255 e. The molecule has 3 aromatic rings. The van der Waals surface area contributed by atoms with Crippen LogP contribution in [0.3, 0.4) is 0 Å². The Morgan fingerprint density at radius 3 is 2.59 bits per heavy atom. The topological polar surface area (TPSA) is 90.6 Å². The Morgan fingerprint density at radius 1 is 1.24 bits per heavy atom. The first-order valence-corrected chi connectivity index (χ1v) is 13.2. The highest BCUT2D eigenvalue weighted by Crippen LogP contribution is 2.48. The summed E-state index contributed by atoms with van der Waals surface area (Å²) in [7, 11) is 0. The van der Waals surface area contributed by atoms with E-state index in [2.05, 4.69) is 14.9 Å². The second kappa shape index (κ2) is 10.2. The van der Waals surface area contributed by atoms with E-state index >= 15 is 0 Å². The van der Waals surface area contributed by atoms with Crippen LogP contribution in [-0.2, 0) is 0 Å². The standard InChI is InChI=1S/C27H30F2N4O3S/c1-16(11-23(34)25-17(2)32-26(30)37-25)18-3-5-20(6-4-18)36-22-9-10-33(14-22)24-8-7-21(13-31-24)35-15-19-12-27(19,28)29/h3-8,13,16,19,22H,9-12,14-15H2,1-2H3,(H2,30,32)/t16-,19?,22?/m1/s1. The van der Waals surface area contributed by atoms with Crippen molar-refractivity contribution in [2.24, 2.45) is 5.92 Å². The van der Waals surface area contributed by atoms with Gasteiger partial charge in [0.25, 0.3) is 5.92 Å². The van der Waals surface area contributed by atoms with Crippen LogP contribution in [0.25, 0.3) is 0 Å². The summed E-state index contributed by atoms with van der Waals surface area (Å²) in [5.74, 6) is -1.05. The predicted octanol–water partition coefficient (Wildman–Crippen LogP) is 5.50. The number of alkyl halides is 2. The third-order valence-electron chi connectivity index (χ3n) is 6.91. The Hall–Kier alpha value is -3.27. The van der Waals surface area contributed by atoms with Gasteiger partial charge < -0.3 is 20.1 Å². The van der Waals surface area contributed by atoms with E-state index in [4.69, 9.17) is 15.2 Å². The number of anilines is 2. The number of carbonyl (C=O) groups excluding carboxylic acids is 1. The van der Waals surface area contributed by atoms with E-state index in [1.165, 1.54) is 11.3 Å². The van der Waals surface area contributed by atoms with Crippen LogP contribution in [0.1, 0.15) is 53.0 Å². The van der Waals surface area contributed by atoms with Crippen LogP contribution in [0.5, 0.6) is 11.5 Å². The first-order valence-electron chi connectivity index (χ1n) is 12.4. The molecular weight excluding hydrogens is 498 g/mol. The number of nitrogen functional groups attached to an aromatic ring is 1. The second-order valence-corrected chi connectivity index (χ2v) is 10.9. The SMILES string of the molecule is Cc1nc(N)sc1C(=O)C[C@@H](C)c1ccc(OC2CCN(c3ccc(OCC4CC4(F)F)cn3)C2)cc1. The molecule has 1 aliphatic carbocycles. The molecule has 196 valence electrons. The molecule has 2 unspecified atom stereocenters. The normalized spacial score (nSPS) is 21.0. The zero-order valence-corrected chi connectivity index (χ0v) is 21.6. The number of aromatic nitrogens is 2. The molecule has 1 aliphatic heterocycles. The number of carbonyl (C=O) groups is 1. The lowest BCUT2D eigenvalue weighted by Crippen LogP contribution is -2.25. The number of ether oxygens (including phenoxy) is 2. The molecule has 2 aromatic heterocycles. The molecule has 10 heteroatoms. The van der Waals surface area contributed by atoms with E-state index < -0.39 is 11.8 Å². The summed E-state index contributed by atoms with van der Waals surface area (Å²) in [5, 5.41) is 0.417. The van der Waals surface area contributed by atoms with Crippen LogP contribution in [0, 0.1) is 12.8 Å². The molecule has 37 heavy (non-hydrogen) atoms. The molecule has 2 fully saturated rings. The number of nitrogens with zero attached hydrogens (tertiary/aromatic N) is 3. The van der Waals surface area contributed by atoms with Crippen molar-refractivity contribution in [1.29, 1.82) is 0 Å². The summed E-state index contributed by atoms with van der Waals surface area (Å²) >= 11 is 1.24. The van der Waals surface area contributed by atoms with Gasteiger partial charge in [-0.2, -0.15) is 0 Å². The zero-order chi connectivity index (χ0) is 26.2. The highest BCUT2D eigenvalue weighted by molar-refractivity contribution is 7.17. The number of ketones is 1. The number of thiazole rings is 1. The van der Waals surface area contributed by atoms with Gasteiger partial charge >= 0.3 is 0 Å². The Kier molecular flexibility index (Phi) is 7.02. The van der Waals surface area contributed by atoms with Crippen molar-refractivity contribution in [3.8, 4) is 11.5 Å². The van der Waals surface area contributed by atoms with Crippen LogP contribution in [0.4, 0.5) is 19.7 Å². The molecule has 0 spiro atoms. The minimum atomic E-state index is -2.58. The molecule has 2 aliphatic rings. The number of hydrogen-bond donors (Lipinski definition) is 1. The van der Waals surface area contributed by atoms with Gasteiger partial charge in [0, 0.05) is 25.8 Å². The summed E-state index contributed by atoms with van der Waals surface area (Å²) in [4.78, 5) is 24.0. The fourth-order valence-corrected chi connectivity index (χ4v) is 5.34. The molecule has 5 rings (SSSR count). The second-order valence-electron chi connectivity index (χ2n) is 9.86. The zero-order valence-electron chi connectivity index (χ0n) is 20.8. The number of pyridine rings is 1. The van der Waals surface area contributed by atoms with Crippen molar-refractivity contribution in [2.75, 3.05) is 30.3 Å². The van der Waals surface area contributed by atoms with Crippen molar-refractivity contribution in [2.45, 2.75) is 51.1 Å². The van der Waals surface area contributed by atoms with Gasteiger partial charge in [-0.1, -0.05) is 30.4 Å². The quantitative estimate of drug-likeness (QED) is 0.348. The molecule has 3 heterocycles. The van der Waals surface area contributed by atoms with E-state index in [1.807, 2.05) is 44.2 Å². The van der Waals surface area contributed by atoms with E-state index in [-0.39, 0.29) is 30.8 Å². The fourth-order valence-electron chi connectivity index (χ4n) is 4.56. The van der Waals surface area contributed by atoms with Gasteiger partial charge in [-0.3, -0.25) is 4.79 Å². The number of benzene rings is 1. The van der Waals surface area contributed by atoms with Gasteiger partial charge in [0.05, 0.1) is 35.8 Å². The van der Waals surface area contributed by atoms with Crippen LogP contribution in [0.2, 0.25) is 0 Å². The largest absolute Gasteiger partial charge is 0.491 e. The molecule has 3 atom stereocenters. The highest BCUT2D eigenvalue weighted by Gasteiger charge is 2.57. The van der Waals surface area contributed by atoms with Crippen LogP contribution in [0.15, 0.2) is 42.6 Å². The molecule has 0 amide bonds. The van der Waals surface area contributed by atoms with Crippen LogP contribution < -0.4 is 20.1 Å². The molecule has 0 bridgehead atoms. The maximum absolute atomic E-state index is 13.0. The van der Waals surface area contributed by atoms with Crippen LogP contribution in [-0.4, -0.2) is 47.5 Å². The Morgan fingerprint density at radius 2 is 1.97 bits per heavy atom. The minimum absolute atomic E-state index is 0.0163. The van der Waals surface area contributed by atoms with Gasteiger partial charge in [0.2, 0.25) is 0 Å². The third-order valence-corrected chi connectivity index (χ3v) is 7.93. The fraction of sp³-hybridized carbons (Fsp3) is 0.444. The van der Waals surface area contributed by atoms with Crippen molar-refractivity contribution >= 4 is 28.1 Å². The van der Waals surface area contributed by atoms with Crippen LogP contribution >= 0.6 is 11.3 Å². The lowest BCUT2D eigenvalue weighted by Gasteiger charge is -2.19. The number of nitrogens with two attached hydrogens (primary N) is 1. The van der Waals surface area contributed by atoms with E-state index in [0.29, 0.717) is 34.4 Å². The van der Waals surface area contributed by atoms with E-state index in [0.717, 1.165) is 30.1 Å². The third kappa shape index (κ3) is 6.01. The van der Waals surface area contributed by atoms with Crippen molar-refractivity contribution < 1.29 is 23.0 Å². The molecule has 7 nitrogen and oxygen atoms in total. The number of hydrogen-bond acceptors (Lipinski definition) is 8. The number of Topliss-reactive ketones (excluding diaryl/α,β-unsaturated/α-hetero) is 1. The summed E-state index contributed by atoms with van der Waals surface area (Å²) in [6, 6.07) is 11.5. The highest BCUT2D eigenvalue weighted by atomic mass is 32.1. The van der Waals surface area contributed by atoms with E-state index in [9.17, 15) is 13.6 Å². The minimum Gasteiger partial charge on any atom is -0.491 e. The Bertz CT molecular complexity index is 1250. The molecule has 1 aromatic carbocycles. The average Bonchev–Trinajstić information content (AvgIpc) is 3.15. The van der Waals surface area contributed by atoms with Crippen molar-refractivity contribution in [3.63, 3.8) is 0 Å². The average molecular weight is 529 g/mol. The molecular formula is C27H30F2N4O3S. The number of halogens is 2. The molecule has 2 N–H and O–H groups in total. The van der Waals surface area contributed by atoms with Crippen molar-refractivity contribution in [3.05, 3.63) is 58.7 Å². The lowest BCUT2D eigenvalue weighted by atomic mass is 9.95. The molecule has 1 saturated carbocycles. The van der Waals surface area contributed by atoms with Gasteiger partial charge in [0.15, 0.2) is 10.9 Å². The lowest BCUT2D eigenvalue weighted by molar-refractivity contribution is 0.0855. The Labute approximate surface area is 218 Å². The molecule has 0 radical (unpaired) electrons. The number of aryl methyl sites for hydroxylation is 1. The predicted molar refractivity (Wildman–Crippen MR) is 139 cm³/mol. The summed E-state index contributed by atoms with van der Waals surface area (Å²) in [6.07, 6.45) is 2.77. The first kappa shape index (κ1) is 25.4. The summed E-state index contributed by atoms with van der Waals surface area (Å²) in [5.41, 5.74) is 7.49.